The number of benzene rings is 1. The lowest BCUT2D eigenvalue weighted by atomic mass is 10.2. The third-order valence-electron chi connectivity index (χ3n) is 1.65. The molecule has 2 nitrogen and oxygen atoms in total. The molecule has 0 N–H and O–H groups in total. The topological polar surface area (TPSA) is 21.6 Å². The molecule has 0 bridgehead atoms. The molecule has 0 fully saturated rings. The first-order valence-corrected chi connectivity index (χ1v) is 5.91. The molecule has 0 unspecified atom stereocenters. The van der Waals surface area contributed by atoms with E-state index in [1.165, 1.54) is 24.2 Å². The molecule has 0 amide bonds. The zero-order valence-electron chi connectivity index (χ0n) is 9.98. The van der Waals surface area contributed by atoms with E-state index in [4.69, 9.17) is 0 Å². The van der Waals surface area contributed by atoms with Gasteiger partial charge < -0.3 is 4.74 Å². The number of hydrogen-bond acceptors (Lipinski definition) is 3. The molecule has 0 atom stereocenters. The molecule has 0 radical (unpaired) electrons. The van der Waals surface area contributed by atoms with Gasteiger partial charge >= 0.3 is 6.61 Å². The zero-order chi connectivity index (χ0) is 12.9. The minimum atomic E-state index is -2.82. The van der Waals surface area contributed by atoms with Gasteiger partial charge in [-0.25, -0.2) is 4.40 Å². The molecule has 0 aliphatic carbocycles. The van der Waals surface area contributed by atoms with Crippen LogP contribution in [0.25, 0.3) is 0 Å². The summed E-state index contributed by atoms with van der Waals surface area (Å²) in [7, 11) is 0. The van der Waals surface area contributed by atoms with Crippen molar-refractivity contribution in [2.45, 2.75) is 32.1 Å². The maximum absolute atomic E-state index is 12.1. The highest BCUT2D eigenvalue weighted by Gasteiger charge is 2.10. The Kier molecular flexibility index (Phi) is 4.93. The van der Waals surface area contributed by atoms with Crippen LogP contribution in [0.1, 0.15) is 26.3 Å². The second kappa shape index (κ2) is 6.00. The number of ether oxygens (including phenoxy) is 1. The molecular weight excluding hydrogens is 244 g/mol. The van der Waals surface area contributed by atoms with Gasteiger partial charge in [0.25, 0.3) is 0 Å². The van der Waals surface area contributed by atoms with Crippen LogP contribution in [0.5, 0.6) is 5.75 Å². The smallest absolute Gasteiger partial charge is 0.387 e. The quantitative estimate of drug-likeness (QED) is 0.598. The van der Waals surface area contributed by atoms with Crippen LogP contribution in [0.3, 0.4) is 0 Å². The highest BCUT2D eigenvalue weighted by atomic mass is 32.2. The first-order valence-electron chi connectivity index (χ1n) is 5.14. The maximum atomic E-state index is 12.1. The summed E-state index contributed by atoms with van der Waals surface area (Å²) in [6.07, 6.45) is 1.54. The number of nitrogens with zero attached hydrogens (tertiary/aromatic N) is 1. The molecule has 1 aromatic rings. The molecule has 0 saturated heterocycles. The average Bonchev–Trinajstić information content (AvgIpc) is 2.18. The minimum Gasteiger partial charge on any atom is -0.434 e. The van der Waals surface area contributed by atoms with Gasteiger partial charge in [0.05, 0.1) is 0 Å². The van der Waals surface area contributed by atoms with Gasteiger partial charge in [0.2, 0.25) is 0 Å². The van der Waals surface area contributed by atoms with Crippen LogP contribution in [0, 0.1) is 0 Å². The van der Waals surface area contributed by atoms with Gasteiger partial charge in [-0.2, -0.15) is 8.78 Å². The Morgan fingerprint density at radius 2 is 1.94 bits per heavy atom. The largest absolute Gasteiger partial charge is 0.434 e. The summed E-state index contributed by atoms with van der Waals surface area (Å²) < 4.78 is 32.8. The summed E-state index contributed by atoms with van der Waals surface area (Å²) in [4.78, 5) is 0. The Balaban J connectivity index is 2.76. The molecule has 0 aliphatic heterocycles. The van der Waals surface area contributed by atoms with Gasteiger partial charge in [-0.15, -0.1) is 0 Å². The van der Waals surface area contributed by atoms with E-state index < -0.39 is 6.61 Å². The molecule has 0 heterocycles. The zero-order valence-corrected chi connectivity index (χ0v) is 10.8. The second-order valence-electron chi connectivity index (χ2n) is 4.35. The van der Waals surface area contributed by atoms with Crippen LogP contribution in [0.2, 0.25) is 0 Å². The summed E-state index contributed by atoms with van der Waals surface area (Å²) in [5.41, 5.74) is 0.546. The van der Waals surface area contributed by atoms with Crippen molar-refractivity contribution >= 4 is 18.2 Å². The minimum absolute atomic E-state index is 0.00494. The summed E-state index contributed by atoms with van der Waals surface area (Å²) in [5, 5.41) is 0. The summed E-state index contributed by atoms with van der Waals surface area (Å²) in [6.45, 7) is 3.25. The number of halogens is 2. The van der Waals surface area contributed by atoms with Crippen LogP contribution in [0.15, 0.2) is 28.7 Å². The molecule has 94 valence electrons. The van der Waals surface area contributed by atoms with Crippen molar-refractivity contribution < 1.29 is 13.5 Å². The van der Waals surface area contributed by atoms with Crippen molar-refractivity contribution in [1.29, 1.82) is 0 Å². The van der Waals surface area contributed by atoms with Gasteiger partial charge in [0.1, 0.15) is 5.75 Å². The predicted molar refractivity (Wildman–Crippen MR) is 68.0 cm³/mol. The third-order valence-corrected chi connectivity index (χ3v) is 2.41. The summed E-state index contributed by atoms with van der Waals surface area (Å²) in [6, 6.07) is 6.58. The average molecular weight is 259 g/mol. The van der Waals surface area contributed by atoms with E-state index in [9.17, 15) is 8.78 Å². The fourth-order valence-electron chi connectivity index (χ4n) is 1.03. The SMILES string of the molecule is CC(C)(C)SN=Cc1ccccc1OC(F)F. The number of rotatable bonds is 4. The fourth-order valence-corrected chi connectivity index (χ4v) is 1.51. The molecule has 0 saturated carbocycles. The van der Waals surface area contributed by atoms with E-state index in [0.29, 0.717) is 5.56 Å². The van der Waals surface area contributed by atoms with E-state index >= 15 is 0 Å². The van der Waals surface area contributed by atoms with Gasteiger partial charge in [-0.3, -0.25) is 0 Å². The first kappa shape index (κ1) is 14.0. The Morgan fingerprint density at radius 1 is 1.29 bits per heavy atom. The van der Waals surface area contributed by atoms with Crippen LogP contribution in [-0.4, -0.2) is 17.6 Å². The number of para-hydroxylation sites is 1. The lowest BCUT2D eigenvalue weighted by molar-refractivity contribution is -0.0499. The monoisotopic (exact) mass is 259 g/mol. The van der Waals surface area contributed by atoms with Gasteiger partial charge in [-0.1, -0.05) is 12.1 Å². The van der Waals surface area contributed by atoms with Crippen LogP contribution >= 0.6 is 11.9 Å². The van der Waals surface area contributed by atoms with Crippen molar-refractivity contribution in [3.63, 3.8) is 0 Å². The molecule has 1 rings (SSSR count). The van der Waals surface area contributed by atoms with Crippen molar-refractivity contribution in [1.82, 2.24) is 0 Å². The van der Waals surface area contributed by atoms with Crippen LogP contribution in [-0.2, 0) is 0 Å². The Labute approximate surface area is 104 Å². The Morgan fingerprint density at radius 3 is 2.53 bits per heavy atom. The van der Waals surface area contributed by atoms with E-state index in [1.54, 1.807) is 18.2 Å². The van der Waals surface area contributed by atoms with Crippen molar-refractivity contribution in [2.24, 2.45) is 4.40 Å². The predicted octanol–water partition coefficient (Wildman–Crippen LogP) is 4.15. The molecule has 5 heteroatoms. The Hall–Kier alpha value is -1.10. The van der Waals surface area contributed by atoms with E-state index in [1.807, 2.05) is 20.8 Å². The van der Waals surface area contributed by atoms with Crippen LogP contribution in [0.4, 0.5) is 8.78 Å². The van der Waals surface area contributed by atoms with Crippen molar-refractivity contribution in [2.75, 3.05) is 0 Å². The van der Waals surface area contributed by atoms with E-state index in [-0.39, 0.29) is 10.5 Å². The number of hydrogen-bond donors (Lipinski definition) is 0. The van der Waals surface area contributed by atoms with E-state index in [0.717, 1.165) is 0 Å². The molecule has 0 aliphatic rings. The molecule has 0 spiro atoms. The standard InChI is InChI=1S/C12H15F2NOS/c1-12(2,3)17-15-8-9-6-4-5-7-10(9)16-11(13)14/h4-8,11H,1-3H3. The molecule has 1 aromatic carbocycles. The van der Waals surface area contributed by atoms with Crippen molar-refractivity contribution in [3.8, 4) is 5.75 Å². The third kappa shape index (κ3) is 5.68. The fraction of sp³-hybridized carbons (Fsp3) is 0.417. The second-order valence-corrected chi connectivity index (χ2v) is 5.97. The summed E-state index contributed by atoms with van der Waals surface area (Å²) in [5.74, 6) is 0.140. The molecular formula is C12H15F2NOS. The summed E-state index contributed by atoms with van der Waals surface area (Å²) >= 11 is 1.38. The normalized spacial score (nSPS) is 12.4. The maximum Gasteiger partial charge on any atom is 0.387 e. The first-order chi connectivity index (χ1) is 7.88. The Bertz CT molecular complexity index is 388. The highest BCUT2D eigenvalue weighted by Crippen LogP contribution is 2.25. The van der Waals surface area contributed by atoms with Gasteiger partial charge in [-0.05, 0) is 44.9 Å². The van der Waals surface area contributed by atoms with Gasteiger partial charge in [0.15, 0.2) is 0 Å². The molecule has 0 aromatic heterocycles. The van der Waals surface area contributed by atoms with E-state index in [2.05, 4.69) is 9.13 Å². The number of alkyl halides is 2. The van der Waals surface area contributed by atoms with Gasteiger partial charge in [0, 0.05) is 16.5 Å². The highest BCUT2D eigenvalue weighted by molar-refractivity contribution is 7.99. The lowest BCUT2D eigenvalue weighted by Gasteiger charge is -2.12. The van der Waals surface area contributed by atoms with Crippen molar-refractivity contribution in [3.05, 3.63) is 29.8 Å². The van der Waals surface area contributed by atoms with Crippen LogP contribution < -0.4 is 4.74 Å². The lowest BCUT2D eigenvalue weighted by Crippen LogP contribution is -2.06. The molecule has 17 heavy (non-hydrogen) atoms.